The molecule has 2 aromatic carbocycles. The Labute approximate surface area is 197 Å². The molecule has 0 atom stereocenters. The molecule has 34 heavy (non-hydrogen) atoms. The Bertz CT molecular complexity index is 1040. The molecule has 0 saturated carbocycles. The van der Waals surface area contributed by atoms with Crippen molar-refractivity contribution in [2.75, 3.05) is 23.8 Å². The van der Waals surface area contributed by atoms with Crippen molar-refractivity contribution in [1.82, 2.24) is 9.97 Å². The van der Waals surface area contributed by atoms with Crippen molar-refractivity contribution in [3.8, 4) is 11.5 Å². The molecular weight excluding hydrogens is 445 g/mol. The van der Waals surface area contributed by atoms with Gasteiger partial charge in [0.05, 0.1) is 13.2 Å². The topological polar surface area (TPSA) is 68.3 Å². The number of alkyl halides is 3. The van der Waals surface area contributed by atoms with E-state index in [9.17, 15) is 13.2 Å². The van der Waals surface area contributed by atoms with Gasteiger partial charge < -0.3 is 20.1 Å². The van der Waals surface area contributed by atoms with Gasteiger partial charge in [-0.25, -0.2) is 4.98 Å². The maximum atomic E-state index is 13.5. The summed E-state index contributed by atoms with van der Waals surface area (Å²) in [5.41, 5.74) is 0.111. The number of unbranched alkanes of at least 4 members (excludes halogenated alkanes) is 1. The van der Waals surface area contributed by atoms with Gasteiger partial charge in [0.2, 0.25) is 5.95 Å². The molecule has 3 aromatic rings. The van der Waals surface area contributed by atoms with Crippen LogP contribution in [0.1, 0.15) is 39.2 Å². The van der Waals surface area contributed by atoms with Crippen LogP contribution in [0.25, 0.3) is 0 Å². The minimum Gasteiger partial charge on any atom is -0.494 e. The SMILES string of the molecule is CCCCOc1ccc(Nc2nc(Nc3ccc(OCC(C)C)cc3)ncc2C(F)(F)F)cc1. The lowest BCUT2D eigenvalue weighted by Crippen LogP contribution is -2.12. The van der Waals surface area contributed by atoms with E-state index < -0.39 is 11.7 Å². The van der Waals surface area contributed by atoms with Crippen LogP contribution in [0.4, 0.5) is 36.3 Å². The normalized spacial score (nSPS) is 11.4. The Kier molecular flexibility index (Phi) is 8.56. The number of ether oxygens (including phenoxy) is 2. The first-order chi connectivity index (χ1) is 16.2. The second-order valence-electron chi connectivity index (χ2n) is 8.16. The van der Waals surface area contributed by atoms with Crippen LogP contribution in [0.5, 0.6) is 11.5 Å². The van der Waals surface area contributed by atoms with E-state index in [-0.39, 0.29) is 11.8 Å². The predicted octanol–water partition coefficient (Wildman–Crippen LogP) is 7.20. The predicted molar refractivity (Wildman–Crippen MR) is 127 cm³/mol. The zero-order chi connectivity index (χ0) is 24.6. The van der Waals surface area contributed by atoms with Gasteiger partial charge >= 0.3 is 6.18 Å². The molecule has 0 fully saturated rings. The number of hydrogen-bond donors (Lipinski definition) is 2. The van der Waals surface area contributed by atoms with Crippen molar-refractivity contribution in [1.29, 1.82) is 0 Å². The highest BCUT2D eigenvalue weighted by atomic mass is 19.4. The molecule has 2 N–H and O–H groups in total. The Morgan fingerprint density at radius 1 is 0.882 bits per heavy atom. The van der Waals surface area contributed by atoms with E-state index in [0.717, 1.165) is 19.0 Å². The van der Waals surface area contributed by atoms with Gasteiger partial charge in [0.25, 0.3) is 0 Å². The zero-order valence-electron chi connectivity index (χ0n) is 19.4. The van der Waals surface area contributed by atoms with E-state index in [1.54, 1.807) is 48.5 Å². The highest BCUT2D eigenvalue weighted by Crippen LogP contribution is 2.35. The lowest BCUT2D eigenvalue weighted by atomic mass is 10.2. The fourth-order valence-electron chi connectivity index (χ4n) is 2.88. The molecule has 0 aliphatic rings. The molecule has 3 rings (SSSR count). The summed E-state index contributed by atoms with van der Waals surface area (Å²) in [4.78, 5) is 7.93. The summed E-state index contributed by atoms with van der Waals surface area (Å²) >= 11 is 0. The molecular formula is C25H29F3N4O2. The first-order valence-corrected chi connectivity index (χ1v) is 11.2. The summed E-state index contributed by atoms with van der Waals surface area (Å²) in [6, 6.07) is 13.8. The second kappa shape index (κ2) is 11.6. The number of hydrogen-bond acceptors (Lipinski definition) is 6. The molecule has 6 nitrogen and oxygen atoms in total. The largest absolute Gasteiger partial charge is 0.494 e. The summed E-state index contributed by atoms with van der Waals surface area (Å²) in [5, 5.41) is 5.68. The number of nitrogens with one attached hydrogen (secondary N) is 2. The third-order valence-corrected chi connectivity index (χ3v) is 4.67. The molecule has 1 aromatic heterocycles. The highest BCUT2D eigenvalue weighted by molar-refractivity contribution is 5.63. The summed E-state index contributed by atoms with van der Waals surface area (Å²) < 4.78 is 51.9. The Hall–Kier alpha value is -3.49. The number of anilines is 4. The van der Waals surface area contributed by atoms with Crippen molar-refractivity contribution in [3.63, 3.8) is 0 Å². The lowest BCUT2D eigenvalue weighted by molar-refractivity contribution is -0.137. The molecule has 0 amide bonds. The number of benzene rings is 2. The third-order valence-electron chi connectivity index (χ3n) is 4.67. The van der Waals surface area contributed by atoms with Gasteiger partial charge in [-0.15, -0.1) is 0 Å². The Balaban J connectivity index is 1.75. The highest BCUT2D eigenvalue weighted by Gasteiger charge is 2.35. The third kappa shape index (κ3) is 7.54. The fourth-order valence-corrected chi connectivity index (χ4v) is 2.88. The van der Waals surface area contributed by atoms with Crippen LogP contribution >= 0.6 is 0 Å². The molecule has 0 radical (unpaired) electrons. The smallest absolute Gasteiger partial charge is 0.421 e. The molecule has 182 valence electrons. The van der Waals surface area contributed by atoms with E-state index in [1.807, 2.05) is 0 Å². The molecule has 0 aliphatic carbocycles. The number of aromatic nitrogens is 2. The standard InChI is InChI=1S/C25H29F3N4O2/c1-4-5-14-33-20-10-6-18(7-11-20)30-23-22(25(26,27)28)15-29-24(32-23)31-19-8-12-21(13-9-19)34-16-17(2)3/h6-13,15,17H,4-5,14,16H2,1-3H3,(H2,29,30,31,32). The minimum atomic E-state index is -4.61. The lowest BCUT2D eigenvalue weighted by Gasteiger charge is -2.15. The van der Waals surface area contributed by atoms with Crippen LogP contribution in [0.2, 0.25) is 0 Å². The van der Waals surface area contributed by atoms with E-state index in [2.05, 4.69) is 41.4 Å². The van der Waals surface area contributed by atoms with Crippen molar-refractivity contribution in [3.05, 3.63) is 60.3 Å². The second-order valence-corrected chi connectivity index (χ2v) is 8.16. The minimum absolute atomic E-state index is 0.0332. The first-order valence-electron chi connectivity index (χ1n) is 11.2. The number of nitrogens with zero attached hydrogens (tertiary/aromatic N) is 2. The average molecular weight is 475 g/mol. The van der Waals surface area contributed by atoms with Crippen LogP contribution < -0.4 is 20.1 Å². The van der Waals surface area contributed by atoms with Gasteiger partial charge in [-0.1, -0.05) is 27.2 Å². The number of halogens is 3. The quantitative estimate of drug-likeness (QED) is 0.287. The summed E-state index contributed by atoms with van der Waals surface area (Å²) in [6.45, 7) is 7.36. The van der Waals surface area contributed by atoms with E-state index in [4.69, 9.17) is 9.47 Å². The maximum absolute atomic E-state index is 13.5. The Morgan fingerprint density at radius 2 is 1.47 bits per heavy atom. The monoisotopic (exact) mass is 474 g/mol. The zero-order valence-corrected chi connectivity index (χ0v) is 19.4. The van der Waals surface area contributed by atoms with Gasteiger partial charge in [-0.2, -0.15) is 18.2 Å². The molecule has 0 spiro atoms. The first kappa shape index (κ1) is 25.1. The van der Waals surface area contributed by atoms with Crippen molar-refractivity contribution < 1.29 is 22.6 Å². The molecule has 9 heteroatoms. The van der Waals surface area contributed by atoms with Crippen LogP contribution in [0, 0.1) is 5.92 Å². The van der Waals surface area contributed by atoms with Crippen LogP contribution in [0.3, 0.4) is 0 Å². The fraction of sp³-hybridized carbons (Fsp3) is 0.360. The van der Waals surface area contributed by atoms with Gasteiger partial charge in [0, 0.05) is 17.6 Å². The van der Waals surface area contributed by atoms with Gasteiger partial charge in [-0.3, -0.25) is 0 Å². The maximum Gasteiger partial charge on any atom is 0.421 e. The van der Waals surface area contributed by atoms with Gasteiger partial charge in [-0.05, 0) is 60.9 Å². The summed E-state index contributed by atoms with van der Waals surface area (Å²) in [6.07, 6.45) is -1.90. The van der Waals surface area contributed by atoms with E-state index in [0.29, 0.717) is 42.0 Å². The molecule has 0 bridgehead atoms. The molecule has 0 unspecified atom stereocenters. The summed E-state index contributed by atoms with van der Waals surface area (Å²) in [5.74, 6) is 1.44. The molecule has 0 saturated heterocycles. The van der Waals surface area contributed by atoms with Crippen LogP contribution in [-0.4, -0.2) is 23.2 Å². The van der Waals surface area contributed by atoms with Gasteiger partial charge in [0.1, 0.15) is 22.9 Å². The summed E-state index contributed by atoms with van der Waals surface area (Å²) in [7, 11) is 0. The average Bonchev–Trinajstić information content (AvgIpc) is 2.79. The van der Waals surface area contributed by atoms with Crippen LogP contribution in [-0.2, 0) is 6.18 Å². The van der Waals surface area contributed by atoms with Crippen molar-refractivity contribution in [2.45, 2.75) is 39.8 Å². The van der Waals surface area contributed by atoms with Crippen molar-refractivity contribution >= 4 is 23.1 Å². The Morgan fingerprint density at radius 3 is 2.03 bits per heavy atom. The van der Waals surface area contributed by atoms with Crippen LogP contribution in [0.15, 0.2) is 54.7 Å². The molecule has 1 heterocycles. The van der Waals surface area contributed by atoms with Gasteiger partial charge in [0.15, 0.2) is 0 Å². The number of rotatable bonds is 11. The van der Waals surface area contributed by atoms with E-state index >= 15 is 0 Å². The molecule has 0 aliphatic heterocycles. The van der Waals surface area contributed by atoms with Crippen molar-refractivity contribution in [2.24, 2.45) is 5.92 Å². The van der Waals surface area contributed by atoms with E-state index in [1.165, 1.54) is 0 Å².